The minimum atomic E-state index is -0.238. The van der Waals surface area contributed by atoms with Gasteiger partial charge in [-0.1, -0.05) is 12.3 Å². The molecule has 4 heteroatoms. The van der Waals surface area contributed by atoms with E-state index in [-0.39, 0.29) is 36.9 Å². The van der Waals surface area contributed by atoms with Crippen LogP contribution >= 0.6 is 12.4 Å². The summed E-state index contributed by atoms with van der Waals surface area (Å²) in [6, 6.07) is -0.0322. The minimum Gasteiger partial charge on any atom is -0.452 e. The summed E-state index contributed by atoms with van der Waals surface area (Å²) in [5.41, 5.74) is 5.70. The van der Waals surface area contributed by atoms with Gasteiger partial charge in [0, 0.05) is 6.04 Å². The highest BCUT2D eigenvalue weighted by atomic mass is 35.5. The van der Waals surface area contributed by atoms with Crippen molar-refractivity contribution in [2.45, 2.75) is 25.3 Å². The van der Waals surface area contributed by atoms with Crippen LogP contribution in [0.1, 0.15) is 19.3 Å². The molecule has 0 aromatic rings. The van der Waals surface area contributed by atoms with Crippen molar-refractivity contribution < 1.29 is 9.53 Å². The molecule has 0 saturated heterocycles. The molecule has 1 fully saturated rings. The highest BCUT2D eigenvalue weighted by molar-refractivity contribution is 5.85. The SMILES string of the molecule is C#CCOC(=O)C1CCCC1N.Cl. The number of nitrogens with two attached hydrogens (primary N) is 1. The zero-order valence-corrected chi connectivity index (χ0v) is 8.18. The van der Waals surface area contributed by atoms with Gasteiger partial charge in [0.05, 0.1) is 5.92 Å². The van der Waals surface area contributed by atoms with Crippen LogP contribution in [0.5, 0.6) is 0 Å². The van der Waals surface area contributed by atoms with Gasteiger partial charge in [-0.25, -0.2) is 0 Å². The minimum absolute atomic E-state index is 0. The van der Waals surface area contributed by atoms with E-state index in [0.29, 0.717) is 0 Å². The Morgan fingerprint density at radius 3 is 2.77 bits per heavy atom. The van der Waals surface area contributed by atoms with Crippen LogP contribution in [0.2, 0.25) is 0 Å². The fourth-order valence-electron chi connectivity index (χ4n) is 1.50. The molecule has 2 unspecified atom stereocenters. The molecule has 3 nitrogen and oxygen atoms in total. The van der Waals surface area contributed by atoms with Gasteiger partial charge in [-0.05, 0) is 12.8 Å². The Hall–Kier alpha value is -0.720. The van der Waals surface area contributed by atoms with Crippen LogP contribution in [0.15, 0.2) is 0 Å². The first-order valence-electron chi connectivity index (χ1n) is 4.11. The van der Waals surface area contributed by atoms with E-state index in [1.165, 1.54) is 0 Å². The summed E-state index contributed by atoms with van der Waals surface area (Å²) in [4.78, 5) is 11.2. The van der Waals surface area contributed by atoms with E-state index in [1.807, 2.05) is 0 Å². The summed E-state index contributed by atoms with van der Waals surface area (Å²) >= 11 is 0. The largest absolute Gasteiger partial charge is 0.452 e. The van der Waals surface area contributed by atoms with Crippen LogP contribution in [0.3, 0.4) is 0 Å². The molecule has 13 heavy (non-hydrogen) atoms. The molecule has 0 heterocycles. The Morgan fingerprint density at radius 2 is 2.31 bits per heavy atom. The monoisotopic (exact) mass is 203 g/mol. The summed E-state index contributed by atoms with van der Waals surface area (Å²) in [5, 5.41) is 0. The third-order valence-corrected chi connectivity index (χ3v) is 2.17. The fraction of sp³-hybridized carbons (Fsp3) is 0.667. The lowest BCUT2D eigenvalue weighted by molar-refractivity contribution is -0.147. The quantitative estimate of drug-likeness (QED) is 0.531. The standard InChI is InChI=1S/C9H13NO2.ClH/c1-2-6-12-9(11)7-4-3-5-8(7)10;/h1,7-8H,3-6,10H2;1H. The number of carbonyl (C=O) groups excluding carboxylic acids is 1. The maximum atomic E-state index is 11.2. The summed E-state index contributed by atoms with van der Waals surface area (Å²) < 4.78 is 4.79. The van der Waals surface area contributed by atoms with Crippen molar-refractivity contribution in [3.63, 3.8) is 0 Å². The second-order valence-electron chi connectivity index (χ2n) is 3.01. The predicted octanol–water partition coefficient (Wildman–Crippen LogP) is 0.712. The maximum absolute atomic E-state index is 11.2. The van der Waals surface area contributed by atoms with Crippen LogP contribution < -0.4 is 5.73 Å². The third-order valence-electron chi connectivity index (χ3n) is 2.17. The number of carbonyl (C=O) groups is 1. The summed E-state index contributed by atoms with van der Waals surface area (Å²) in [6.07, 6.45) is 7.71. The van der Waals surface area contributed by atoms with Crippen LogP contribution in [0.25, 0.3) is 0 Å². The van der Waals surface area contributed by atoms with E-state index in [2.05, 4.69) is 5.92 Å². The van der Waals surface area contributed by atoms with E-state index < -0.39 is 0 Å². The molecule has 2 atom stereocenters. The normalized spacial score (nSPS) is 25.8. The first-order valence-corrected chi connectivity index (χ1v) is 4.11. The van der Waals surface area contributed by atoms with Gasteiger partial charge in [-0.2, -0.15) is 0 Å². The molecule has 0 spiro atoms. The molecule has 0 amide bonds. The van der Waals surface area contributed by atoms with Crippen molar-refractivity contribution >= 4 is 18.4 Å². The number of halogens is 1. The molecular weight excluding hydrogens is 190 g/mol. The number of terminal acetylenes is 1. The first kappa shape index (κ1) is 12.3. The highest BCUT2D eigenvalue weighted by Crippen LogP contribution is 2.24. The van der Waals surface area contributed by atoms with E-state index in [1.54, 1.807) is 0 Å². The van der Waals surface area contributed by atoms with Gasteiger partial charge in [-0.3, -0.25) is 4.79 Å². The van der Waals surface area contributed by atoms with Crippen molar-refractivity contribution in [2.75, 3.05) is 6.61 Å². The second-order valence-corrected chi connectivity index (χ2v) is 3.01. The Morgan fingerprint density at radius 1 is 1.62 bits per heavy atom. The molecule has 2 N–H and O–H groups in total. The van der Waals surface area contributed by atoms with Gasteiger partial charge in [0.15, 0.2) is 6.61 Å². The van der Waals surface area contributed by atoms with Crippen molar-refractivity contribution in [2.24, 2.45) is 11.7 Å². The summed E-state index contributed by atoms with van der Waals surface area (Å²) in [7, 11) is 0. The number of esters is 1. The molecule has 1 aliphatic rings. The molecule has 1 saturated carbocycles. The molecule has 0 aromatic carbocycles. The number of rotatable bonds is 2. The van der Waals surface area contributed by atoms with Gasteiger partial charge in [0.2, 0.25) is 0 Å². The molecular formula is C9H14ClNO2. The van der Waals surface area contributed by atoms with E-state index >= 15 is 0 Å². The average molecular weight is 204 g/mol. The van der Waals surface area contributed by atoms with Crippen molar-refractivity contribution in [3.05, 3.63) is 0 Å². The van der Waals surface area contributed by atoms with E-state index in [9.17, 15) is 4.79 Å². The fourth-order valence-corrected chi connectivity index (χ4v) is 1.50. The van der Waals surface area contributed by atoms with Gasteiger partial charge in [0.25, 0.3) is 0 Å². The zero-order chi connectivity index (χ0) is 8.97. The molecule has 74 valence electrons. The molecule has 0 aromatic heterocycles. The van der Waals surface area contributed by atoms with Crippen molar-refractivity contribution in [3.8, 4) is 12.3 Å². The van der Waals surface area contributed by atoms with E-state index in [4.69, 9.17) is 16.9 Å². The van der Waals surface area contributed by atoms with Crippen LogP contribution in [0, 0.1) is 18.3 Å². The Balaban J connectivity index is 0.00000144. The highest BCUT2D eigenvalue weighted by Gasteiger charge is 2.31. The number of hydrogen-bond acceptors (Lipinski definition) is 3. The molecule has 1 rings (SSSR count). The first-order chi connectivity index (χ1) is 5.75. The van der Waals surface area contributed by atoms with Gasteiger partial charge in [0.1, 0.15) is 0 Å². The number of ether oxygens (including phenoxy) is 1. The molecule has 0 radical (unpaired) electrons. The van der Waals surface area contributed by atoms with Crippen LogP contribution in [0.4, 0.5) is 0 Å². The lowest BCUT2D eigenvalue weighted by Gasteiger charge is -2.12. The zero-order valence-electron chi connectivity index (χ0n) is 7.36. The van der Waals surface area contributed by atoms with Crippen LogP contribution in [-0.2, 0) is 9.53 Å². The smallest absolute Gasteiger partial charge is 0.311 e. The lowest BCUT2D eigenvalue weighted by Crippen LogP contribution is -2.31. The Labute approximate surface area is 84.4 Å². The molecule has 1 aliphatic carbocycles. The average Bonchev–Trinajstić information content (AvgIpc) is 2.47. The topological polar surface area (TPSA) is 52.3 Å². The Kier molecular flexibility index (Phi) is 5.52. The molecule has 0 aliphatic heterocycles. The third kappa shape index (κ3) is 3.25. The Bertz CT molecular complexity index is 212. The maximum Gasteiger partial charge on any atom is 0.311 e. The predicted molar refractivity (Wildman–Crippen MR) is 52.4 cm³/mol. The van der Waals surface area contributed by atoms with E-state index in [0.717, 1.165) is 19.3 Å². The van der Waals surface area contributed by atoms with Crippen molar-refractivity contribution in [1.82, 2.24) is 0 Å². The molecule has 0 bridgehead atoms. The van der Waals surface area contributed by atoms with Gasteiger partial charge >= 0.3 is 5.97 Å². The lowest BCUT2D eigenvalue weighted by atomic mass is 10.1. The summed E-state index contributed by atoms with van der Waals surface area (Å²) in [6.45, 7) is 0.0576. The second kappa shape index (κ2) is 5.85. The van der Waals surface area contributed by atoms with Crippen molar-refractivity contribution in [1.29, 1.82) is 0 Å². The number of hydrogen-bond donors (Lipinski definition) is 1. The van der Waals surface area contributed by atoms with Gasteiger partial charge < -0.3 is 10.5 Å². The van der Waals surface area contributed by atoms with Crippen LogP contribution in [-0.4, -0.2) is 18.6 Å². The summed E-state index contributed by atoms with van der Waals surface area (Å²) in [5.74, 6) is 1.89. The van der Waals surface area contributed by atoms with Gasteiger partial charge in [-0.15, -0.1) is 18.8 Å².